The molecule has 7 nitrogen and oxygen atoms in total. The van der Waals surface area contributed by atoms with Crippen LogP contribution in [0.25, 0.3) is 11.0 Å². The molecule has 0 unspecified atom stereocenters. The van der Waals surface area contributed by atoms with Gasteiger partial charge in [-0.3, -0.25) is 4.79 Å². The largest absolute Gasteiger partial charge is 0.483 e. The predicted octanol–water partition coefficient (Wildman–Crippen LogP) is 0.780. The van der Waals surface area contributed by atoms with Crippen molar-refractivity contribution in [2.75, 3.05) is 46.0 Å². The minimum Gasteiger partial charge on any atom is -0.483 e. The molecule has 1 fully saturated rings. The minimum absolute atomic E-state index is 0.0497. The highest BCUT2D eigenvalue weighted by atomic mass is 16.5. The van der Waals surface area contributed by atoms with Crippen LogP contribution in [-0.4, -0.2) is 51.9 Å². The molecular weight excluding hydrogens is 384 g/mol. The van der Waals surface area contributed by atoms with E-state index in [2.05, 4.69) is 5.32 Å². The number of benzene rings is 1. The molecule has 2 aliphatic rings. The summed E-state index contributed by atoms with van der Waals surface area (Å²) in [6.07, 6.45) is 4.76. The summed E-state index contributed by atoms with van der Waals surface area (Å²) < 4.78 is 16.7. The maximum absolute atomic E-state index is 12.4. The number of morpholine rings is 1. The first kappa shape index (κ1) is 20.9. The highest BCUT2D eigenvalue weighted by molar-refractivity contribution is 5.86. The van der Waals surface area contributed by atoms with Crippen molar-refractivity contribution in [3.63, 3.8) is 0 Å². The van der Waals surface area contributed by atoms with Crippen LogP contribution in [0.2, 0.25) is 0 Å². The average molecular weight is 416 g/mol. The summed E-state index contributed by atoms with van der Waals surface area (Å²) in [7, 11) is 0. The summed E-state index contributed by atoms with van der Waals surface area (Å²) in [5.41, 5.74) is 3.04. The molecule has 1 aliphatic carbocycles. The van der Waals surface area contributed by atoms with E-state index in [4.69, 9.17) is 13.9 Å². The van der Waals surface area contributed by atoms with Gasteiger partial charge in [0.25, 0.3) is 5.91 Å². The molecule has 30 heavy (non-hydrogen) atoms. The lowest BCUT2D eigenvalue weighted by atomic mass is 9.90. The van der Waals surface area contributed by atoms with E-state index in [9.17, 15) is 9.59 Å². The zero-order chi connectivity index (χ0) is 20.9. The van der Waals surface area contributed by atoms with Gasteiger partial charge in [-0.1, -0.05) is 0 Å². The van der Waals surface area contributed by atoms with Crippen LogP contribution in [0.1, 0.15) is 36.0 Å². The molecule has 1 saturated heterocycles. The van der Waals surface area contributed by atoms with E-state index in [1.54, 1.807) is 0 Å². The fourth-order valence-corrected chi connectivity index (χ4v) is 4.45. The first-order chi connectivity index (χ1) is 14.6. The fraction of sp³-hybridized carbons (Fsp3) is 0.565. The van der Waals surface area contributed by atoms with Crippen molar-refractivity contribution >= 4 is 16.9 Å². The van der Waals surface area contributed by atoms with Crippen molar-refractivity contribution < 1.29 is 23.6 Å². The van der Waals surface area contributed by atoms with Crippen LogP contribution in [-0.2, 0) is 22.4 Å². The van der Waals surface area contributed by atoms with Gasteiger partial charge in [0.1, 0.15) is 24.4 Å². The smallest absolute Gasteiger partial charge is 0.339 e. The Hall–Kier alpha value is -2.38. The first-order valence-corrected chi connectivity index (χ1v) is 11.0. The standard InChI is InChI=1S/C23H30N2O5/c1-16-20(29-15-21(26)24-9-4-10-25-11-13-28-14-12-25)8-7-18-17-5-2-3-6-19(17)23(27)30-22(16)18/h7-8H,2-6,9-15H2,1H3,(H,24,26)/p+1. The van der Waals surface area contributed by atoms with Gasteiger partial charge in [-0.25, -0.2) is 4.79 Å². The van der Waals surface area contributed by atoms with Crippen molar-refractivity contribution in [1.82, 2.24) is 5.32 Å². The van der Waals surface area contributed by atoms with E-state index < -0.39 is 0 Å². The molecule has 1 aromatic heterocycles. The number of hydrogen-bond acceptors (Lipinski definition) is 5. The molecule has 4 rings (SSSR count). The highest BCUT2D eigenvalue weighted by Crippen LogP contribution is 2.32. The van der Waals surface area contributed by atoms with Gasteiger partial charge in [0, 0.05) is 29.5 Å². The third-order valence-electron chi connectivity index (χ3n) is 6.18. The Labute approximate surface area is 176 Å². The molecule has 162 valence electrons. The lowest BCUT2D eigenvalue weighted by molar-refractivity contribution is -0.908. The molecule has 2 heterocycles. The van der Waals surface area contributed by atoms with Gasteiger partial charge < -0.3 is 24.1 Å². The third kappa shape index (κ3) is 4.68. The van der Waals surface area contributed by atoms with Crippen molar-refractivity contribution in [1.29, 1.82) is 0 Å². The van der Waals surface area contributed by atoms with Gasteiger partial charge in [-0.2, -0.15) is 0 Å². The van der Waals surface area contributed by atoms with Crippen LogP contribution in [0.15, 0.2) is 21.3 Å². The minimum atomic E-state index is -0.238. The Morgan fingerprint density at radius 1 is 1.17 bits per heavy atom. The lowest BCUT2D eigenvalue weighted by Gasteiger charge is -2.23. The topological polar surface area (TPSA) is 82.2 Å². The van der Waals surface area contributed by atoms with Gasteiger partial charge in [0.2, 0.25) is 0 Å². The summed E-state index contributed by atoms with van der Waals surface area (Å²) in [5.74, 6) is 0.438. The van der Waals surface area contributed by atoms with E-state index in [1.807, 2.05) is 19.1 Å². The molecule has 0 bridgehead atoms. The maximum Gasteiger partial charge on any atom is 0.339 e. The van der Waals surface area contributed by atoms with Gasteiger partial charge in [0.15, 0.2) is 6.61 Å². The van der Waals surface area contributed by atoms with Crippen molar-refractivity contribution in [2.45, 2.75) is 39.0 Å². The molecular formula is C23H31N2O5+. The molecule has 0 radical (unpaired) electrons. The van der Waals surface area contributed by atoms with Gasteiger partial charge in [-0.15, -0.1) is 0 Å². The molecule has 0 atom stereocenters. The molecule has 1 aliphatic heterocycles. The molecule has 2 N–H and O–H groups in total. The third-order valence-corrected chi connectivity index (χ3v) is 6.18. The zero-order valence-electron chi connectivity index (χ0n) is 17.7. The number of nitrogens with one attached hydrogen (secondary N) is 2. The predicted molar refractivity (Wildman–Crippen MR) is 113 cm³/mol. The number of carbonyl (C=O) groups excluding carboxylic acids is 1. The maximum atomic E-state index is 12.4. The summed E-state index contributed by atoms with van der Waals surface area (Å²) in [6, 6.07) is 3.83. The Morgan fingerprint density at radius 3 is 2.73 bits per heavy atom. The van der Waals surface area contributed by atoms with Crippen molar-refractivity contribution in [2.24, 2.45) is 0 Å². The number of rotatable bonds is 7. The number of amides is 1. The summed E-state index contributed by atoms with van der Waals surface area (Å²) >= 11 is 0. The second-order valence-corrected chi connectivity index (χ2v) is 8.22. The molecule has 1 amide bonds. The summed E-state index contributed by atoms with van der Waals surface area (Å²) in [5, 5.41) is 3.91. The fourth-order valence-electron chi connectivity index (χ4n) is 4.45. The Kier molecular flexibility index (Phi) is 6.69. The van der Waals surface area contributed by atoms with Crippen LogP contribution in [0.4, 0.5) is 0 Å². The number of ether oxygens (including phenoxy) is 2. The average Bonchev–Trinajstić information content (AvgIpc) is 2.78. The van der Waals surface area contributed by atoms with Crippen LogP contribution in [0, 0.1) is 6.92 Å². The second kappa shape index (κ2) is 9.62. The SMILES string of the molecule is Cc1c(OCC(=O)NCCC[NH+]2CCOCC2)ccc2c3c(c(=O)oc12)CCCC3. The van der Waals surface area contributed by atoms with Crippen molar-refractivity contribution in [3.05, 3.63) is 39.2 Å². The number of hydrogen-bond donors (Lipinski definition) is 2. The second-order valence-electron chi connectivity index (χ2n) is 8.22. The zero-order valence-corrected chi connectivity index (χ0v) is 17.7. The van der Waals surface area contributed by atoms with Crippen LogP contribution < -0.4 is 20.6 Å². The van der Waals surface area contributed by atoms with Gasteiger partial charge in [-0.05, 0) is 50.3 Å². The molecule has 2 aromatic rings. The lowest BCUT2D eigenvalue weighted by Crippen LogP contribution is -3.14. The van der Waals surface area contributed by atoms with Crippen LogP contribution in [0.5, 0.6) is 5.75 Å². The van der Waals surface area contributed by atoms with Crippen LogP contribution in [0.3, 0.4) is 0 Å². The number of fused-ring (bicyclic) bond motifs is 3. The molecule has 7 heteroatoms. The van der Waals surface area contributed by atoms with E-state index >= 15 is 0 Å². The van der Waals surface area contributed by atoms with Gasteiger partial charge >= 0.3 is 5.63 Å². The molecule has 0 spiro atoms. The number of quaternary nitrogens is 1. The first-order valence-electron chi connectivity index (χ1n) is 11.0. The monoisotopic (exact) mass is 415 g/mol. The van der Waals surface area contributed by atoms with Crippen molar-refractivity contribution in [3.8, 4) is 5.75 Å². The Bertz CT molecular complexity index is 962. The number of carbonyl (C=O) groups is 1. The summed E-state index contributed by atoms with van der Waals surface area (Å²) in [4.78, 5) is 26.1. The van der Waals surface area contributed by atoms with E-state index in [-0.39, 0.29) is 18.1 Å². The highest BCUT2D eigenvalue weighted by Gasteiger charge is 2.20. The number of aryl methyl sites for hydroxylation is 2. The van der Waals surface area contributed by atoms with Gasteiger partial charge in [0.05, 0.1) is 19.8 Å². The molecule has 0 saturated carbocycles. The van der Waals surface area contributed by atoms with E-state index in [1.165, 1.54) is 4.90 Å². The van der Waals surface area contributed by atoms with E-state index in [0.717, 1.165) is 87.0 Å². The van der Waals surface area contributed by atoms with E-state index in [0.29, 0.717) is 17.9 Å². The quantitative estimate of drug-likeness (QED) is 0.516. The van der Waals surface area contributed by atoms with Crippen LogP contribution >= 0.6 is 0 Å². The Balaban J connectivity index is 1.33. The summed E-state index contributed by atoms with van der Waals surface area (Å²) in [6.45, 7) is 7.23. The molecule has 1 aromatic carbocycles. The Morgan fingerprint density at radius 2 is 1.93 bits per heavy atom. The normalized spacial score (nSPS) is 17.0.